The lowest BCUT2D eigenvalue weighted by Crippen LogP contribution is -2.44. The molecule has 1 aromatic carbocycles. The molecule has 2 aromatic rings. The summed E-state index contributed by atoms with van der Waals surface area (Å²) >= 11 is 13.5. The maximum atomic E-state index is 13.1. The Kier molecular flexibility index (Phi) is 5.58. The van der Waals surface area contributed by atoms with E-state index in [4.69, 9.17) is 23.2 Å². The van der Waals surface area contributed by atoms with Gasteiger partial charge in [0.05, 0.1) is 11.0 Å². The lowest BCUT2D eigenvalue weighted by Gasteiger charge is -2.27. The van der Waals surface area contributed by atoms with Gasteiger partial charge in [0.25, 0.3) is 5.91 Å². The Labute approximate surface area is 166 Å². The number of hydrogen-bond donors (Lipinski definition) is 1. The van der Waals surface area contributed by atoms with Crippen LogP contribution < -0.4 is 5.32 Å². The van der Waals surface area contributed by atoms with Crippen LogP contribution in [0.25, 0.3) is 0 Å². The second kappa shape index (κ2) is 7.56. The first kappa shape index (κ1) is 19.2. The molecule has 1 fully saturated rings. The van der Waals surface area contributed by atoms with Gasteiger partial charge in [-0.3, -0.25) is 9.69 Å². The maximum Gasteiger partial charge on any atom is 0.326 e. The fourth-order valence-corrected chi connectivity index (χ4v) is 4.50. The van der Waals surface area contributed by atoms with E-state index in [0.717, 1.165) is 4.88 Å². The number of rotatable bonds is 6. The van der Waals surface area contributed by atoms with Crippen molar-refractivity contribution >= 4 is 46.5 Å². The number of carbonyl (C=O) groups is 2. The van der Waals surface area contributed by atoms with E-state index in [2.05, 4.69) is 5.32 Å². The molecule has 1 aromatic heterocycles. The Morgan fingerprint density at radius 2 is 2.00 bits per heavy atom. The van der Waals surface area contributed by atoms with E-state index < -0.39 is 11.6 Å². The third-order valence-electron chi connectivity index (χ3n) is 4.46. The monoisotopic (exact) mass is 411 g/mol. The molecular weight excluding hydrogens is 393 g/mol. The Morgan fingerprint density at radius 1 is 1.23 bits per heavy atom. The molecule has 0 spiro atoms. The van der Waals surface area contributed by atoms with Crippen LogP contribution in [0, 0.1) is 0 Å². The van der Waals surface area contributed by atoms with E-state index >= 15 is 0 Å². The topological polar surface area (TPSA) is 52.7 Å². The van der Waals surface area contributed by atoms with Crippen LogP contribution in [0.5, 0.6) is 0 Å². The molecule has 3 rings (SSSR count). The van der Waals surface area contributed by atoms with Crippen LogP contribution in [-0.4, -0.2) is 35.5 Å². The van der Waals surface area contributed by atoms with E-state index in [1.807, 2.05) is 37.1 Å². The summed E-state index contributed by atoms with van der Waals surface area (Å²) in [7, 11) is 1.86. The molecule has 138 valence electrons. The largest absolute Gasteiger partial charge is 0.326 e. The van der Waals surface area contributed by atoms with E-state index in [9.17, 15) is 9.59 Å². The molecule has 1 aliphatic rings. The third kappa shape index (κ3) is 3.60. The first-order chi connectivity index (χ1) is 12.4. The number of nitrogens with one attached hydrogen (secondary N) is 1. The second-order valence-corrected chi connectivity index (χ2v) is 8.53. The second-order valence-electron chi connectivity index (χ2n) is 6.29. The predicted molar refractivity (Wildman–Crippen MR) is 104 cm³/mol. The fourth-order valence-electron chi connectivity index (χ4n) is 3.14. The zero-order chi connectivity index (χ0) is 18.9. The molecule has 0 unspecified atom stereocenters. The van der Waals surface area contributed by atoms with Gasteiger partial charge in [0.2, 0.25) is 0 Å². The number of thiophene rings is 1. The quantitative estimate of drug-likeness (QED) is 0.720. The molecule has 0 saturated carbocycles. The molecule has 3 amide bonds. The van der Waals surface area contributed by atoms with Gasteiger partial charge in [-0.15, -0.1) is 11.3 Å². The highest BCUT2D eigenvalue weighted by atomic mass is 35.5. The molecule has 5 nitrogen and oxygen atoms in total. The van der Waals surface area contributed by atoms with Crippen molar-refractivity contribution in [3.8, 4) is 0 Å². The number of urea groups is 1. The molecule has 1 atom stereocenters. The van der Waals surface area contributed by atoms with Crippen molar-refractivity contribution in [3.63, 3.8) is 0 Å². The Hall–Kier alpha value is -1.60. The first-order valence-electron chi connectivity index (χ1n) is 8.18. The van der Waals surface area contributed by atoms with Gasteiger partial charge < -0.3 is 5.32 Å². The maximum absolute atomic E-state index is 13.1. The molecule has 8 heteroatoms. The fraction of sp³-hybridized carbons (Fsp3) is 0.333. The number of imide groups is 1. The molecule has 1 N–H and O–H groups in total. The average Bonchev–Trinajstić information content (AvgIpc) is 3.11. The van der Waals surface area contributed by atoms with Gasteiger partial charge in [0.1, 0.15) is 5.54 Å². The molecule has 0 bridgehead atoms. The minimum Gasteiger partial charge on any atom is -0.319 e. The molecule has 26 heavy (non-hydrogen) atoms. The van der Waals surface area contributed by atoms with Crippen molar-refractivity contribution in [2.45, 2.75) is 25.4 Å². The van der Waals surface area contributed by atoms with Crippen molar-refractivity contribution in [2.24, 2.45) is 0 Å². The van der Waals surface area contributed by atoms with Crippen molar-refractivity contribution in [3.05, 3.63) is 56.2 Å². The summed E-state index contributed by atoms with van der Waals surface area (Å²) in [5.74, 6) is -0.261. The van der Waals surface area contributed by atoms with Gasteiger partial charge in [-0.1, -0.05) is 42.3 Å². The highest BCUT2D eigenvalue weighted by Crippen LogP contribution is 2.33. The van der Waals surface area contributed by atoms with E-state index in [0.29, 0.717) is 27.9 Å². The van der Waals surface area contributed by atoms with Crippen molar-refractivity contribution < 1.29 is 9.59 Å². The third-order valence-corrected chi connectivity index (χ3v) is 5.91. The summed E-state index contributed by atoms with van der Waals surface area (Å²) in [5, 5.41) is 3.40. The van der Waals surface area contributed by atoms with Gasteiger partial charge in [-0.05, 0) is 43.3 Å². The molecule has 0 radical (unpaired) electrons. The number of amides is 3. The summed E-state index contributed by atoms with van der Waals surface area (Å²) in [4.78, 5) is 29.9. The number of hydrogen-bond acceptors (Lipinski definition) is 4. The van der Waals surface area contributed by atoms with Gasteiger partial charge in [-0.25, -0.2) is 9.69 Å². The number of benzene rings is 1. The van der Waals surface area contributed by atoms with Crippen LogP contribution in [0.1, 0.15) is 23.8 Å². The smallest absolute Gasteiger partial charge is 0.319 e. The lowest BCUT2D eigenvalue weighted by molar-refractivity contribution is -0.133. The van der Waals surface area contributed by atoms with Crippen LogP contribution in [0.3, 0.4) is 0 Å². The highest BCUT2D eigenvalue weighted by Gasteiger charge is 2.51. The number of carbonyl (C=O) groups excluding carboxylic acids is 2. The summed E-state index contributed by atoms with van der Waals surface area (Å²) < 4.78 is 0.717. The molecule has 2 heterocycles. The predicted octanol–water partition coefficient (Wildman–Crippen LogP) is 4.30. The minimum atomic E-state index is -1.07. The highest BCUT2D eigenvalue weighted by molar-refractivity contribution is 7.16. The molecule has 1 aliphatic heterocycles. The van der Waals surface area contributed by atoms with Crippen LogP contribution in [0.4, 0.5) is 4.79 Å². The van der Waals surface area contributed by atoms with Crippen LogP contribution in [0.15, 0.2) is 36.4 Å². The SMILES string of the molecule is CC[C@@]1(c2cccc(Cl)c2)NC(=O)N(CN(C)Cc2ccc(Cl)s2)C1=O. The molecular formula is C18H19Cl2N3O2S. The summed E-state index contributed by atoms with van der Waals surface area (Å²) in [5.41, 5.74) is -0.379. The summed E-state index contributed by atoms with van der Waals surface area (Å²) in [6.45, 7) is 2.67. The van der Waals surface area contributed by atoms with Gasteiger partial charge in [0.15, 0.2) is 0 Å². The van der Waals surface area contributed by atoms with Crippen molar-refractivity contribution in [1.29, 1.82) is 0 Å². The minimum absolute atomic E-state index is 0.197. The normalized spacial score (nSPS) is 20.1. The zero-order valence-corrected chi connectivity index (χ0v) is 16.8. The van der Waals surface area contributed by atoms with E-state index in [1.54, 1.807) is 18.2 Å². The first-order valence-corrected chi connectivity index (χ1v) is 9.76. The van der Waals surface area contributed by atoms with Gasteiger partial charge in [0, 0.05) is 16.4 Å². The van der Waals surface area contributed by atoms with Crippen molar-refractivity contribution in [2.75, 3.05) is 13.7 Å². The van der Waals surface area contributed by atoms with E-state index in [1.165, 1.54) is 16.2 Å². The van der Waals surface area contributed by atoms with Crippen LogP contribution >= 0.6 is 34.5 Å². The van der Waals surface area contributed by atoms with E-state index in [-0.39, 0.29) is 12.6 Å². The van der Waals surface area contributed by atoms with Crippen molar-refractivity contribution in [1.82, 2.24) is 15.1 Å². The van der Waals surface area contributed by atoms with Gasteiger partial charge >= 0.3 is 6.03 Å². The van der Waals surface area contributed by atoms with Crippen LogP contribution in [-0.2, 0) is 16.9 Å². The molecule has 1 saturated heterocycles. The average molecular weight is 412 g/mol. The molecule has 0 aliphatic carbocycles. The Balaban J connectivity index is 1.79. The standard InChI is InChI=1S/C18H19Cl2N3O2S/c1-3-18(12-5-4-6-13(19)9-12)16(24)23(17(25)21-18)11-22(2)10-14-7-8-15(20)26-14/h4-9H,3,10-11H2,1-2H3,(H,21,25)/t18-/m0/s1. The van der Waals surface area contributed by atoms with Crippen LogP contribution in [0.2, 0.25) is 9.36 Å². The number of nitrogens with zero attached hydrogens (tertiary/aromatic N) is 2. The Morgan fingerprint density at radius 3 is 2.62 bits per heavy atom. The zero-order valence-electron chi connectivity index (χ0n) is 14.5. The van der Waals surface area contributed by atoms with Gasteiger partial charge in [-0.2, -0.15) is 0 Å². The lowest BCUT2D eigenvalue weighted by atomic mass is 9.87. The Bertz CT molecular complexity index is 841. The number of halogens is 2. The summed E-state index contributed by atoms with van der Waals surface area (Å²) in [6.07, 6.45) is 0.443. The summed E-state index contributed by atoms with van der Waals surface area (Å²) in [6, 6.07) is 10.4.